The molecule has 0 spiro atoms. The van der Waals surface area contributed by atoms with Gasteiger partial charge in [0.25, 0.3) is 0 Å². The highest BCUT2D eigenvalue weighted by atomic mass is 32.2. The molecule has 1 amide bonds. The molecule has 0 unspecified atom stereocenters. The Labute approximate surface area is 108 Å². The minimum atomic E-state index is -0.917. The van der Waals surface area contributed by atoms with Gasteiger partial charge in [0.2, 0.25) is 5.91 Å². The number of hydrogen-bond donors (Lipinski definition) is 1. The van der Waals surface area contributed by atoms with Gasteiger partial charge in [0.15, 0.2) is 11.6 Å². The first-order valence-electron chi connectivity index (χ1n) is 5.45. The van der Waals surface area contributed by atoms with Crippen LogP contribution in [0.4, 0.5) is 8.78 Å². The number of likely N-dealkylation sites (tertiary alicyclic amines) is 1. The van der Waals surface area contributed by atoms with Gasteiger partial charge in [0.05, 0.1) is 24.4 Å². The van der Waals surface area contributed by atoms with E-state index < -0.39 is 17.2 Å². The number of carbonyl (C=O) groups excluding carboxylic acids is 1. The minimum absolute atomic E-state index is 0.115. The summed E-state index contributed by atoms with van der Waals surface area (Å²) >= 11 is 1.15. The summed E-state index contributed by atoms with van der Waals surface area (Å²) in [6.07, 6.45) is 0. The van der Waals surface area contributed by atoms with Crippen LogP contribution in [0.25, 0.3) is 0 Å². The van der Waals surface area contributed by atoms with E-state index in [2.05, 4.69) is 0 Å². The number of halogens is 2. The smallest absolute Gasteiger partial charge is 0.233 e. The van der Waals surface area contributed by atoms with Gasteiger partial charge >= 0.3 is 0 Å². The summed E-state index contributed by atoms with van der Waals surface area (Å²) in [5, 5.41) is 9.49. The molecule has 0 bridgehead atoms. The molecule has 2 rings (SSSR count). The number of thioether (sulfide) groups is 1. The zero-order valence-electron chi connectivity index (χ0n) is 9.82. The maximum absolute atomic E-state index is 12.9. The average Bonchev–Trinajstić information content (AvgIpc) is 2.27. The zero-order chi connectivity index (χ0) is 13.3. The summed E-state index contributed by atoms with van der Waals surface area (Å²) in [5.41, 5.74) is -0.789. The van der Waals surface area contributed by atoms with Crippen LogP contribution in [0, 0.1) is 11.6 Å². The summed E-state index contributed by atoms with van der Waals surface area (Å²) in [4.78, 5) is 13.7. The number of hydrogen-bond acceptors (Lipinski definition) is 3. The monoisotopic (exact) mass is 273 g/mol. The van der Waals surface area contributed by atoms with Gasteiger partial charge in [-0.2, -0.15) is 0 Å². The number of aliphatic hydroxyl groups is 1. The average molecular weight is 273 g/mol. The summed E-state index contributed by atoms with van der Waals surface area (Å²) < 4.78 is 25.6. The standard InChI is InChI=1S/C12H13F2NO2S/c1-12(17)6-15(7-12)11(16)5-18-8-2-3-9(13)10(14)4-8/h2-4,17H,5-7H2,1H3. The van der Waals surface area contributed by atoms with Crippen LogP contribution < -0.4 is 0 Å². The summed E-state index contributed by atoms with van der Waals surface area (Å²) in [7, 11) is 0. The molecule has 3 nitrogen and oxygen atoms in total. The maximum Gasteiger partial charge on any atom is 0.233 e. The van der Waals surface area contributed by atoms with Crippen LogP contribution in [0.15, 0.2) is 23.1 Å². The fraction of sp³-hybridized carbons (Fsp3) is 0.417. The Bertz CT molecular complexity index is 471. The highest BCUT2D eigenvalue weighted by molar-refractivity contribution is 8.00. The van der Waals surface area contributed by atoms with Gasteiger partial charge in [-0.05, 0) is 25.1 Å². The maximum atomic E-state index is 12.9. The van der Waals surface area contributed by atoms with Crippen molar-refractivity contribution in [1.29, 1.82) is 0 Å². The van der Waals surface area contributed by atoms with Crippen molar-refractivity contribution < 1.29 is 18.7 Å². The first-order valence-corrected chi connectivity index (χ1v) is 6.44. The van der Waals surface area contributed by atoms with Gasteiger partial charge in [-0.3, -0.25) is 4.79 Å². The van der Waals surface area contributed by atoms with Gasteiger partial charge in [0.1, 0.15) is 0 Å². The lowest BCUT2D eigenvalue weighted by atomic mass is 9.97. The first kappa shape index (κ1) is 13.3. The van der Waals surface area contributed by atoms with E-state index in [9.17, 15) is 18.7 Å². The predicted molar refractivity (Wildman–Crippen MR) is 64.3 cm³/mol. The van der Waals surface area contributed by atoms with E-state index in [0.717, 1.165) is 23.9 Å². The van der Waals surface area contributed by atoms with Crippen LogP contribution in [-0.4, -0.2) is 40.4 Å². The third-order valence-corrected chi connectivity index (χ3v) is 3.65. The molecule has 1 aromatic rings. The van der Waals surface area contributed by atoms with Crippen molar-refractivity contribution in [3.8, 4) is 0 Å². The Morgan fingerprint density at radius 1 is 1.44 bits per heavy atom. The van der Waals surface area contributed by atoms with Gasteiger partial charge in [-0.15, -0.1) is 11.8 Å². The van der Waals surface area contributed by atoms with Crippen molar-refractivity contribution in [3.05, 3.63) is 29.8 Å². The van der Waals surface area contributed by atoms with E-state index in [1.165, 1.54) is 11.0 Å². The second-order valence-corrected chi connectivity index (χ2v) is 5.66. The topological polar surface area (TPSA) is 40.5 Å². The number of benzene rings is 1. The van der Waals surface area contributed by atoms with Crippen LogP contribution in [0.3, 0.4) is 0 Å². The molecule has 1 aliphatic heterocycles. The van der Waals surface area contributed by atoms with Crippen LogP contribution in [0.2, 0.25) is 0 Å². The molecule has 1 saturated heterocycles. The normalized spacial score (nSPS) is 17.4. The molecule has 1 aliphatic rings. The minimum Gasteiger partial charge on any atom is -0.386 e. The third-order valence-electron chi connectivity index (χ3n) is 2.67. The third kappa shape index (κ3) is 3.00. The number of amides is 1. The zero-order valence-corrected chi connectivity index (χ0v) is 10.6. The molecular formula is C12H13F2NO2S. The number of β-amino-alcohol motifs (C(OH)–C–C–N with tert-alkyl or cyclic N) is 1. The van der Waals surface area contributed by atoms with Gasteiger partial charge in [-0.1, -0.05) is 0 Å². The predicted octanol–water partition coefficient (Wildman–Crippen LogP) is 1.65. The Morgan fingerprint density at radius 3 is 2.67 bits per heavy atom. The quantitative estimate of drug-likeness (QED) is 0.851. The molecule has 1 aromatic carbocycles. The van der Waals surface area contributed by atoms with E-state index in [0.29, 0.717) is 18.0 Å². The van der Waals surface area contributed by atoms with Crippen molar-refractivity contribution in [2.24, 2.45) is 0 Å². The first-order chi connectivity index (χ1) is 8.37. The van der Waals surface area contributed by atoms with Crippen molar-refractivity contribution in [3.63, 3.8) is 0 Å². The fourth-order valence-electron chi connectivity index (χ4n) is 1.76. The van der Waals surface area contributed by atoms with E-state index in [-0.39, 0.29) is 11.7 Å². The van der Waals surface area contributed by atoms with Crippen LogP contribution in [0.1, 0.15) is 6.92 Å². The summed E-state index contributed by atoms with van der Waals surface area (Å²) in [6, 6.07) is 3.54. The van der Waals surface area contributed by atoms with Crippen LogP contribution in [0.5, 0.6) is 0 Å². The SMILES string of the molecule is CC1(O)CN(C(=O)CSc2ccc(F)c(F)c2)C1. The molecule has 1 heterocycles. The Hall–Kier alpha value is -1.14. The van der Waals surface area contributed by atoms with E-state index >= 15 is 0 Å². The molecule has 18 heavy (non-hydrogen) atoms. The number of nitrogens with zero attached hydrogens (tertiary/aromatic N) is 1. The molecular weight excluding hydrogens is 260 g/mol. The summed E-state index contributed by atoms with van der Waals surface area (Å²) in [6.45, 7) is 2.31. The molecule has 0 aromatic heterocycles. The van der Waals surface area contributed by atoms with Crippen molar-refractivity contribution >= 4 is 17.7 Å². The molecule has 1 N–H and O–H groups in total. The number of rotatable bonds is 3. The molecule has 0 radical (unpaired) electrons. The Balaban J connectivity index is 1.84. The Kier molecular flexibility index (Phi) is 3.59. The molecule has 98 valence electrons. The van der Waals surface area contributed by atoms with Crippen molar-refractivity contribution in [2.45, 2.75) is 17.4 Å². The van der Waals surface area contributed by atoms with Gasteiger partial charge in [0, 0.05) is 4.90 Å². The largest absolute Gasteiger partial charge is 0.386 e. The van der Waals surface area contributed by atoms with Crippen LogP contribution >= 0.6 is 11.8 Å². The second-order valence-electron chi connectivity index (χ2n) is 4.61. The molecule has 0 aliphatic carbocycles. The lowest BCUT2D eigenvalue weighted by Crippen LogP contribution is -2.62. The number of carbonyl (C=O) groups is 1. The van der Waals surface area contributed by atoms with E-state index in [1.54, 1.807) is 6.92 Å². The van der Waals surface area contributed by atoms with Crippen molar-refractivity contribution in [1.82, 2.24) is 4.90 Å². The highest BCUT2D eigenvalue weighted by Crippen LogP contribution is 2.24. The van der Waals surface area contributed by atoms with E-state index in [4.69, 9.17) is 0 Å². The summed E-state index contributed by atoms with van der Waals surface area (Å²) in [5.74, 6) is -1.78. The Morgan fingerprint density at radius 2 is 2.11 bits per heavy atom. The lowest BCUT2D eigenvalue weighted by Gasteiger charge is -2.44. The molecule has 6 heteroatoms. The molecule has 1 fully saturated rings. The molecule has 0 saturated carbocycles. The fourth-order valence-corrected chi connectivity index (χ4v) is 2.58. The molecule has 0 atom stereocenters. The highest BCUT2D eigenvalue weighted by Gasteiger charge is 2.38. The van der Waals surface area contributed by atoms with E-state index in [1.807, 2.05) is 0 Å². The van der Waals surface area contributed by atoms with Gasteiger partial charge < -0.3 is 10.0 Å². The van der Waals surface area contributed by atoms with Crippen LogP contribution in [-0.2, 0) is 4.79 Å². The van der Waals surface area contributed by atoms with Gasteiger partial charge in [-0.25, -0.2) is 8.78 Å². The van der Waals surface area contributed by atoms with Crippen molar-refractivity contribution in [2.75, 3.05) is 18.8 Å². The lowest BCUT2D eigenvalue weighted by molar-refractivity contribution is -0.149. The second kappa shape index (κ2) is 4.85.